The van der Waals surface area contributed by atoms with Crippen LogP contribution in [0.5, 0.6) is 0 Å². The number of nitrogens with zero attached hydrogens (tertiary/aromatic N) is 2. The molecule has 0 N–H and O–H groups in total. The Kier molecular flexibility index (Phi) is 5.41. The van der Waals surface area contributed by atoms with Crippen molar-refractivity contribution in [3.05, 3.63) is 0 Å². The first kappa shape index (κ1) is 17.2. The third-order valence-corrected chi connectivity index (χ3v) is 5.81. The Morgan fingerprint density at radius 2 is 1.83 bits per heavy atom. The van der Waals surface area contributed by atoms with Crippen LogP contribution in [0.15, 0.2) is 0 Å². The molecule has 134 valence electrons. The summed E-state index contributed by atoms with van der Waals surface area (Å²) in [6, 6.07) is 0.261. The van der Waals surface area contributed by atoms with E-state index in [4.69, 9.17) is 4.74 Å². The van der Waals surface area contributed by atoms with Crippen LogP contribution >= 0.6 is 0 Å². The Morgan fingerprint density at radius 1 is 1.12 bits per heavy atom. The van der Waals surface area contributed by atoms with Crippen LogP contribution in [0.25, 0.3) is 0 Å². The van der Waals surface area contributed by atoms with Gasteiger partial charge in [0.15, 0.2) is 0 Å². The van der Waals surface area contributed by atoms with E-state index in [1.807, 2.05) is 9.80 Å². The van der Waals surface area contributed by atoms with Crippen molar-refractivity contribution < 1.29 is 19.1 Å². The van der Waals surface area contributed by atoms with Gasteiger partial charge in [-0.25, -0.2) is 0 Å². The third kappa shape index (κ3) is 3.57. The molecule has 3 rings (SSSR count). The van der Waals surface area contributed by atoms with Gasteiger partial charge in [-0.15, -0.1) is 0 Å². The minimum absolute atomic E-state index is 0.0532. The average Bonchev–Trinajstić information content (AvgIpc) is 3.24. The minimum Gasteiger partial charge on any atom is -0.469 e. The van der Waals surface area contributed by atoms with Gasteiger partial charge in [-0.3, -0.25) is 14.4 Å². The van der Waals surface area contributed by atoms with E-state index in [1.165, 1.54) is 20.0 Å². The van der Waals surface area contributed by atoms with E-state index in [9.17, 15) is 14.4 Å². The molecule has 6 nitrogen and oxygen atoms in total. The molecule has 3 aliphatic rings. The molecule has 0 aromatic heterocycles. The maximum atomic E-state index is 13.0. The molecule has 3 fully saturated rings. The van der Waals surface area contributed by atoms with E-state index in [0.717, 1.165) is 32.1 Å². The summed E-state index contributed by atoms with van der Waals surface area (Å²) in [5, 5.41) is 0. The van der Waals surface area contributed by atoms with E-state index in [-0.39, 0.29) is 36.2 Å². The molecule has 2 atom stereocenters. The zero-order valence-corrected chi connectivity index (χ0v) is 14.5. The molecule has 0 aromatic carbocycles. The second-order valence-electron chi connectivity index (χ2n) is 7.35. The quantitative estimate of drug-likeness (QED) is 0.733. The van der Waals surface area contributed by atoms with Crippen molar-refractivity contribution in [2.75, 3.05) is 20.2 Å². The standard InChI is InChI=1S/C18H28N2O4/c1-24-17(22)11-15-8-4-5-9-19(15)18(23)13-10-16(21)20(12-13)14-6-2-3-7-14/h13-15H,2-12H2,1H3. The van der Waals surface area contributed by atoms with Gasteiger partial charge in [-0.2, -0.15) is 0 Å². The van der Waals surface area contributed by atoms with Gasteiger partial charge in [-0.1, -0.05) is 12.8 Å². The van der Waals surface area contributed by atoms with Crippen LogP contribution in [-0.2, 0) is 19.1 Å². The molecule has 1 aliphatic carbocycles. The number of hydrogen-bond acceptors (Lipinski definition) is 4. The van der Waals surface area contributed by atoms with E-state index >= 15 is 0 Å². The Balaban J connectivity index is 1.63. The summed E-state index contributed by atoms with van der Waals surface area (Å²) in [5.41, 5.74) is 0. The molecule has 0 aromatic rings. The topological polar surface area (TPSA) is 66.9 Å². The maximum absolute atomic E-state index is 13.0. The molecule has 2 saturated heterocycles. The van der Waals surface area contributed by atoms with Crippen LogP contribution in [-0.4, -0.2) is 59.9 Å². The van der Waals surface area contributed by atoms with Gasteiger partial charge in [0.05, 0.1) is 19.4 Å². The maximum Gasteiger partial charge on any atom is 0.307 e. The number of carbonyl (C=O) groups excluding carboxylic acids is 3. The molecule has 0 radical (unpaired) electrons. The normalized spacial score (nSPS) is 28.5. The summed E-state index contributed by atoms with van der Waals surface area (Å²) in [6.07, 6.45) is 7.93. The number of carbonyl (C=O) groups is 3. The number of esters is 1. The Labute approximate surface area is 143 Å². The first-order valence-corrected chi connectivity index (χ1v) is 9.27. The molecular weight excluding hydrogens is 308 g/mol. The molecule has 6 heteroatoms. The summed E-state index contributed by atoms with van der Waals surface area (Å²) < 4.78 is 4.77. The lowest BCUT2D eigenvalue weighted by atomic mass is 9.96. The predicted octanol–water partition coefficient (Wildman–Crippen LogP) is 1.72. The van der Waals surface area contributed by atoms with Crippen LogP contribution in [0, 0.1) is 5.92 Å². The average molecular weight is 336 g/mol. The number of rotatable bonds is 4. The number of piperidine rings is 1. The second kappa shape index (κ2) is 7.53. The lowest BCUT2D eigenvalue weighted by Gasteiger charge is -2.36. The summed E-state index contributed by atoms with van der Waals surface area (Å²) in [6.45, 7) is 1.25. The molecule has 2 heterocycles. The van der Waals surface area contributed by atoms with Crippen molar-refractivity contribution in [3.8, 4) is 0 Å². The SMILES string of the molecule is COC(=O)CC1CCCCN1C(=O)C1CC(=O)N(C2CCCC2)C1. The lowest BCUT2D eigenvalue weighted by Crippen LogP contribution is -2.48. The van der Waals surface area contributed by atoms with Crippen molar-refractivity contribution in [2.24, 2.45) is 5.92 Å². The fourth-order valence-electron chi connectivity index (χ4n) is 4.48. The van der Waals surface area contributed by atoms with E-state index in [1.54, 1.807) is 0 Å². The molecule has 0 spiro atoms. The Bertz CT molecular complexity index is 501. The van der Waals surface area contributed by atoms with Gasteiger partial charge in [0.1, 0.15) is 0 Å². The predicted molar refractivity (Wildman–Crippen MR) is 88.1 cm³/mol. The molecule has 2 unspecified atom stereocenters. The molecular formula is C18H28N2O4. The van der Waals surface area contributed by atoms with E-state index in [2.05, 4.69) is 0 Å². The van der Waals surface area contributed by atoms with Crippen molar-refractivity contribution in [1.82, 2.24) is 9.80 Å². The fourth-order valence-corrected chi connectivity index (χ4v) is 4.48. The Hall–Kier alpha value is -1.59. The smallest absolute Gasteiger partial charge is 0.307 e. The van der Waals surface area contributed by atoms with Crippen LogP contribution in [0.1, 0.15) is 57.8 Å². The highest BCUT2D eigenvalue weighted by molar-refractivity contribution is 5.90. The molecule has 0 bridgehead atoms. The molecule has 2 aliphatic heterocycles. The summed E-state index contributed by atoms with van der Waals surface area (Å²) in [5.74, 6) is -0.328. The van der Waals surface area contributed by atoms with Gasteiger partial charge in [-0.05, 0) is 32.1 Å². The summed E-state index contributed by atoms with van der Waals surface area (Å²) in [4.78, 5) is 40.7. The third-order valence-electron chi connectivity index (χ3n) is 5.81. The molecule has 2 amide bonds. The van der Waals surface area contributed by atoms with Crippen LogP contribution in [0.2, 0.25) is 0 Å². The monoisotopic (exact) mass is 336 g/mol. The van der Waals surface area contributed by atoms with E-state index < -0.39 is 0 Å². The number of hydrogen-bond donors (Lipinski definition) is 0. The minimum atomic E-state index is -0.269. The highest BCUT2D eigenvalue weighted by Crippen LogP contribution is 2.31. The van der Waals surface area contributed by atoms with Gasteiger partial charge in [0.2, 0.25) is 11.8 Å². The molecule has 24 heavy (non-hydrogen) atoms. The number of likely N-dealkylation sites (tertiary alicyclic amines) is 2. The number of ether oxygens (including phenoxy) is 1. The lowest BCUT2D eigenvalue weighted by molar-refractivity contribution is -0.146. The molecule has 1 saturated carbocycles. The van der Waals surface area contributed by atoms with Crippen LogP contribution in [0.3, 0.4) is 0 Å². The fraction of sp³-hybridized carbons (Fsp3) is 0.833. The first-order valence-electron chi connectivity index (χ1n) is 9.27. The second-order valence-corrected chi connectivity index (χ2v) is 7.35. The van der Waals surface area contributed by atoms with Crippen LogP contribution in [0.4, 0.5) is 0 Å². The largest absolute Gasteiger partial charge is 0.469 e. The van der Waals surface area contributed by atoms with Gasteiger partial charge in [0.25, 0.3) is 0 Å². The van der Waals surface area contributed by atoms with E-state index in [0.29, 0.717) is 25.6 Å². The van der Waals surface area contributed by atoms with Crippen molar-refractivity contribution in [1.29, 1.82) is 0 Å². The van der Waals surface area contributed by atoms with Crippen molar-refractivity contribution in [3.63, 3.8) is 0 Å². The van der Waals surface area contributed by atoms with Gasteiger partial charge >= 0.3 is 5.97 Å². The first-order chi connectivity index (χ1) is 11.6. The van der Waals surface area contributed by atoms with Gasteiger partial charge < -0.3 is 14.5 Å². The van der Waals surface area contributed by atoms with Crippen LogP contribution < -0.4 is 0 Å². The summed E-state index contributed by atoms with van der Waals surface area (Å²) >= 11 is 0. The van der Waals surface area contributed by atoms with Gasteiger partial charge in [0, 0.05) is 31.6 Å². The number of methoxy groups -OCH3 is 1. The van der Waals surface area contributed by atoms with Crippen molar-refractivity contribution in [2.45, 2.75) is 69.9 Å². The highest BCUT2D eigenvalue weighted by atomic mass is 16.5. The zero-order chi connectivity index (χ0) is 17.1. The summed E-state index contributed by atoms with van der Waals surface area (Å²) in [7, 11) is 1.38. The Morgan fingerprint density at radius 3 is 2.54 bits per heavy atom. The number of amides is 2. The van der Waals surface area contributed by atoms with Crippen molar-refractivity contribution >= 4 is 17.8 Å². The highest BCUT2D eigenvalue weighted by Gasteiger charge is 2.41. The zero-order valence-electron chi connectivity index (χ0n) is 14.5.